The first-order valence-corrected chi connectivity index (χ1v) is 10.4. The molecule has 2 rings (SSSR count). The minimum absolute atomic E-state index is 0.0667. The molecule has 0 radical (unpaired) electrons. The van der Waals surface area contributed by atoms with Gasteiger partial charge < -0.3 is 5.32 Å². The Balaban J connectivity index is 2.19. The third-order valence-corrected chi connectivity index (χ3v) is 6.16. The molecule has 6 nitrogen and oxygen atoms in total. The van der Waals surface area contributed by atoms with Gasteiger partial charge in [0.25, 0.3) is 0 Å². The average molecular weight is 402 g/mol. The van der Waals surface area contributed by atoms with Crippen molar-refractivity contribution in [2.75, 3.05) is 18.4 Å². The van der Waals surface area contributed by atoms with Gasteiger partial charge in [-0.25, -0.2) is 13.4 Å². The van der Waals surface area contributed by atoms with Gasteiger partial charge in [0.05, 0.1) is 17.1 Å². The number of sulfonamides is 1. The van der Waals surface area contributed by atoms with Crippen molar-refractivity contribution in [1.29, 1.82) is 0 Å². The van der Waals surface area contributed by atoms with Crippen LogP contribution in [0, 0.1) is 12.8 Å². The Morgan fingerprint density at radius 1 is 1.32 bits per heavy atom. The van der Waals surface area contributed by atoms with E-state index in [9.17, 15) is 13.2 Å². The summed E-state index contributed by atoms with van der Waals surface area (Å²) in [6, 6.07) is 5.90. The first-order valence-electron chi connectivity index (χ1n) is 7.66. The van der Waals surface area contributed by atoms with Crippen LogP contribution >= 0.6 is 22.9 Å². The summed E-state index contributed by atoms with van der Waals surface area (Å²) in [5, 5.41) is 5.36. The van der Waals surface area contributed by atoms with Crippen molar-refractivity contribution >= 4 is 44.0 Å². The summed E-state index contributed by atoms with van der Waals surface area (Å²) in [4.78, 5) is 16.5. The highest BCUT2D eigenvalue weighted by Crippen LogP contribution is 2.20. The van der Waals surface area contributed by atoms with Crippen molar-refractivity contribution in [3.8, 4) is 0 Å². The molecule has 136 valence electrons. The SMILES string of the molecule is Cc1csc(NC(=O)CN(CC(C)C)S(=O)(=O)c2ccc(Cl)cc2)n1. The smallest absolute Gasteiger partial charge is 0.243 e. The predicted octanol–water partition coefficient (Wildman–Crippen LogP) is 3.39. The summed E-state index contributed by atoms with van der Waals surface area (Å²) in [6.07, 6.45) is 0. The number of carbonyl (C=O) groups is 1. The second-order valence-corrected chi connectivity index (χ2v) is 9.22. The molecule has 0 aliphatic carbocycles. The monoisotopic (exact) mass is 401 g/mol. The maximum Gasteiger partial charge on any atom is 0.243 e. The fourth-order valence-electron chi connectivity index (χ4n) is 2.14. The zero-order valence-corrected chi connectivity index (χ0v) is 16.6. The number of aromatic nitrogens is 1. The van der Waals surface area contributed by atoms with Gasteiger partial charge in [0, 0.05) is 16.9 Å². The minimum atomic E-state index is -3.80. The summed E-state index contributed by atoms with van der Waals surface area (Å²) in [5.41, 5.74) is 0.799. The van der Waals surface area contributed by atoms with E-state index in [-0.39, 0.29) is 23.9 Å². The second-order valence-electron chi connectivity index (χ2n) is 5.99. The second kappa shape index (κ2) is 8.27. The van der Waals surface area contributed by atoms with E-state index in [0.29, 0.717) is 10.2 Å². The van der Waals surface area contributed by atoms with Crippen molar-refractivity contribution in [2.24, 2.45) is 5.92 Å². The highest BCUT2D eigenvalue weighted by atomic mass is 35.5. The highest BCUT2D eigenvalue weighted by molar-refractivity contribution is 7.89. The first kappa shape index (κ1) is 19.8. The third kappa shape index (κ3) is 5.50. The largest absolute Gasteiger partial charge is 0.301 e. The van der Waals surface area contributed by atoms with Gasteiger partial charge in [-0.2, -0.15) is 4.31 Å². The van der Waals surface area contributed by atoms with Gasteiger partial charge in [0.1, 0.15) is 0 Å². The zero-order valence-electron chi connectivity index (χ0n) is 14.2. The molecule has 2 aromatic rings. The van der Waals surface area contributed by atoms with Crippen LogP contribution in [0.25, 0.3) is 0 Å². The summed E-state index contributed by atoms with van der Waals surface area (Å²) >= 11 is 7.12. The lowest BCUT2D eigenvalue weighted by Gasteiger charge is -2.23. The molecule has 0 saturated carbocycles. The van der Waals surface area contributed by atoms with Gasteiger partial charge in [-0.05, 0) is 37.1 Å². The van der Waals surface area contributed by atoms with Crippen molar-refractivity contribution < 1.29 is 13.2 Å². The van der Waals surface area contributed by atoms with Gasteiger partial charge in [-0.15, -0.1) is 11.3 Å². The van der Waals surface area contributed by atoms with E-state index in [1.165, 1.54) is 39.9 Å². The van der Waals surface area contributed by atoms with Crippen LogP contribution in [0.5, 0.6) is 0 Å². The quantitative estimate of drug-likeness (QED) is 0.771. The molecule has 1 amide bonds. The van der Waals surface area contributed by atoms with E-state index >= 15 is 0 Å². The number of halogens is 1. The molecule has 25 heavy (non-hydrogen) atoms. The van der Waals surface area contributed by atoms with Crippen molar-refractivity contribution in [1.82, 2.24) is 9.29 Å². The standard InChI is InChI=1S/C16H20ClN3O3S2/c1-11(2)8-20(9-15(21)19-16-18-12(3)10-24-16)25(22,23)14-6-4-13(17)5-7-14/h4-7,10-11H,8-9H2,1-3H3,(H,18,19,21). The minimum Gasteiger partial charge on any atom is -0.301 e. The lowest BCUT2D eigenvalue weighted by Crippen LogP contribution is -2.40. The number of nitrogens with one attached hydrogen (secondary N) is 1. The molecule has 0 fully saturated rings. The van der Waals surface area contributed by atoms with E-state index in [1.54, 1.807) is 0 Å². The van der Waals surface area contributed by atoms with Crippen molar-refractivity contribution in [3.05, 3.63) is 40.4 Å². The van der Waals surface area contributed by atoms with Crippen molar-refractivity contribution in [2.45, 2.75) is 25.7 Å². The van der Waals surface area contributed by atoms with Crippen LogP contribution in [0.4, 0.5) is 5.13 Å². The Morgan fingerprint density at radius 2 is 1.96 bits per heavy atom. The molecule has 0 aliphatic heterocycles. The van der Waals surface area contributed by atoms with Crippen molar-refractivity contribution in [3.63, 3.8) is 0 Å². The molecule has 1 aromatic carbocycles. The Hall–Kier alpha value is -1.48. The Kier molecular flexibility index (Phi) is 6.56. The van der Waals surface area contributed by atoms with E-state index in [2.05, 4.69) is 10.3 Å². The third-order valence-electron chi connectivity index (χ3n) is 3.21. The maximum atomic E-state index is 12.9. The molecule has 1 aromatic heterocycles. The topological polar surface area (TPSA) is 79.4 Å². The van der Waals surface area contributed by atoms with E-state index in [1.807, 2.05) is 26.2 Å². The lowest BCUT2D eigenvalue weighted by molar-refractivity contribution is -0.116. The van der Waals surface area contributed by atoms with Gasteiger partial charge in [0.2, 0.25) is 15.9 Å². The molecular formula is C16H20ClN3O3S2. The molecule has 0 unspecified atom stereocenters. The highest BCUT2D eigenvalue weighted by Gasteiger charge is 2.27. The Bertz CT molecular complexity index is 833. The molecule has 9 heteroatoms. The summed E-state index contributed by atoms with van der Waals surface area (Å²) in [6.45, 7) is 5.57. The average Bonchev–Trinajstić information content (AvgIpc) is 2.91. The molecule has 0 saturated heterocycles. The number of benzene rings is 1. The number of aryl methyl sites for hydroxylation is 1. The number of amides is 1. The van der Waals surface area contributed by atoms with Crippen LogP contribution in [0.1, 0.15) is 19.5 Å². The number of rotatable bonds is 7. The van der Waals surface area contributed by atoms with Crippen LogP contribution in [-0.4, -0.2) is 36.7 Å². The van der Waals surface area contributed by atoms with Gasteiger partial charge in [-0.1, -0.05) is 25.4 Å². The number of nitrogens with zero attached hydrogens (tertiary/aromatic N) is 2. The molecular weight excluding hydrogens is 382 g/mol. The van der Waals surface area contributed by atoms with Crippen LogP contribution in [0.2, 0.25) is 5.02 Å². The number of anilines is 1. The van der Waals surface area contributed by atoms with E-state index < -0.39 is 15.9 Å². The molecule has 1 heterocycles. The lowest BCUT2D eigenvalue weighted by atomic mass is 10.2. The fraction of sp³-hybridized carbons (Fsp3) is 0.375. The van der Waals surface area contributed by atoms with Crippen LogP contribution in [0.3, 0.4) is 0 Å². The van der Waals surface area contributed by atoms with E-state index in [0.717, 1.165) is 5.69 Å². The summed E-state index contributed by atoms with van der Waals surface area (Å²) in [5.74, 6) is -0.357. The van der Waals surface area contributed by atoms with E-state index in [4.69, 9.17) is 11.6 Å². The fourth-order valence-corrected chi connectivity index (χ4v) is 4.53. The Labute approximate surface area is 156 Å². The summed E-state index contributed by atoms with van der Waals surface area (Å²) in [7, 11) is -3.80. The van der Waals surface area contributed by atoms with Crippen LogP contribution < -0.4 is 5.32 Å². The molecule has 0 atom stereocenters. The van der Waals surface area contributed by atoms with Gasteiger partial charge in [-0.3, -0.25) is 4.79 Å². The normalized spacial score (nSPS) is 11.9. The maximum absolute atomic E-state index is 12.9. The zero-order chi connectivity index (χ0) is 18.6. The number of hydrogen-bond donors (Lipinski definition) is 1. The van der Waals surface area contributed by atoms with Crippen LogP contribution in [0.15, 0.2) is 34.5 Å². The number of carbonyl (C=O) groups excluding carboxylic acids is 1. The molecule has 0 spiro atoms. The Morgan fingerprint density at radius 3 is 2.48 bits per heavy atom. The molecule has 0 bridgehead atoms. The predicted molar refractivity (Wildman–Crippen MR) is 101 cm³/mol. The first-order chi connectivity index (χ1) is 11.7. The molecule has 1 N–H and O–H groups in total. The molecule has 0 aliphatic rings. The number of thiazole rings is 1. The van der Waals surface area contributed by atoms with Gasteiger partial charge in [0.15, 0.2) is 5.13 Å². The number of hydrogen-bond acceptors (Lipinski definition) is 5. The van der Waals surface area contributed by atoms with Gasteiger partial charge >= 0.3 is 0 Å². The summed E-state index contributed by atoms with van der Waals surface area (Å²) < 4.78 is 26.9. The van der Waals surface area contributed by atoms with Crippen LogP contribution in [-0.2, 0) is 14.8 Å².